The number of carbonyl (C=O) groups is 1. The van der Waals surface area contributed by atoms with Gasteiger partial charge in [-0.05, 0) is 19.1 Å². The molecule has 0 aliphatic rings. The molecule has 82 valence electrons. The first-order valence-electron chi connectivity index (χ1n) is 4.80. The molecule has 1 aromatic rings. The Labute approximate surface area is 94.0 Å². The highest BCUT2D eigenvalue weighted by molar-refractivity contribution is 6.29. The number of pyridine rings is 1. The van der Waals surface area contributed by atoms with Crippen LogP contribution in [0.15, 0.2) is 18.3 Å². The molecule has 0 saturated carbocycles. The quantitative estimate of drug-likeness (QED) is 0.786. The maximum atomic E-state index is 11.9. The number of amides is 1. The number of aromatic nitrogens is 1. The molecule has 0 aromatic carbocycles. The molecule has 0 unspecified atom stereocenters. The van der Waals surface area contributed by atoms with Crippen LogP contribution in [0.2, 0.25) is 5.15 Å². The third-order valence-electron chi connectivity index (χ3n) is 2.04. The molecule has 0 saturated heterocycles. The van der Waals surface area contributed by atoms with Gasteiger partial charge >= 0.3 is 0 Å². The van der Waals surface area contributed by atoms with Crippen molar-refractivity contribution in [1.82, 2.24) is 9.88 Å². The molecule has 0 spiro atoms. The topological polar surface area (TPSA) is 59.2 Å². The van der Waals surface area contributed by atoms with Crippen molar-refractivity contribution in [2.45, 2.75) is 6.92 Å². The predicted octanol–water partition coefficient (Wildman–Crippen LogP) is 1.16. The van der Waals surface area contributed by atoms with E-state index in [2.05, 4.69) is 4.98 Å². The number of halogens is 1. The molecule has 0 aliphatic carbocycles. The van der Waals surface area contributed by atoms with Crippen LogP contribution >= 0.6 is 11.6 Å². The van der Waals surface area contributed by atoms with Gasteiger partial charge in [-0.15, -0.1) is 0 Å². The lowest BCUT2D eigenvalue weighted by Crippen LogP contribution is -2.35. The Morgan fingerprint density at radius 2 is 2.40 bits per heavy atom. The van der Waals surface area contributed by atoms with Crippen LogP contribution < -0.4 is 5.73 Å². The lowest BCUT2D eigenvalue weighted by Gasteiger charge is -2.19. The average Bonchev–Trinajstić information content (AvgIpc) is 2.25. The van der Waals surface area contributed by atoms with Crippen LogP contribution in [-0.4, -0.2) is 35.4 Å². The number of rotatable bonds is 4. The van der Waals surface area contributed by atoms with Gasteiger partial charge in [-0.2, -0.15) is 0 Å². The van der Waals surface area contributed by atoms with E-state index in [0.717, 1.165) is 0 Å². The summed E-state index contributed by atoms with van der Waals surface area (Å²) in [7, 11) is 0. The van der Waals surface area contributed by atoms with Crippen molar-refractivity contribution in [3.05, 3.63) is 29.0 Å². The molecule has 0 atom stereocenters. The first-order chi connectivity index (χ1) is 7.19. The van der Waals surface area contributed by atoms with Crippen LogP contribution in [0.5, 0.6) is 0 Å². The minimum atomic E-state index is -0.0627. The highest BCUT2D eigenvalue weighted by Crippen LogP contribution is 2.09. The minimum absolute atomic E-state index is 0.0627. The maximum Gasteiger partial charge on any atom is 0.254 e. The second-order valence-corrected chi connectivity index (χ2v) is 3.43. The number of nitrogens with zero attached hydrogens (tertiary/aromatic N) is 2. The lowest BCUT2D eigenvalue weighted by molar-refractivity contribution is 0.0769. The zero-order chi connectivity index (χ0) is 11.3. The molecule has 0 fully saturated rings. The molecule has 2 N–H and O–H groups in total. The summed E-state index contributed by atoms with van der Waals surface area (Å²) in [4.78, 5) is 17.4. The lowest BCUT2D eigenvalue weighted by atomic mass is 10.2. The summed E-state index contributed by atoms with van der Waals surface area (Å²) in [5, 5.41) is 0.324. The van der Waals surface area contributed by atoms with Gasteiger partial charge in [-0.25, -0.2) is 4.98 Å². The Hall–Kier alpha value is -1.13. The zero-order valence-corrected chi connectivity index (χ0v) is 9.37. The third kappa shape index (κ3) is 3.18. The Bertz CT molecular complexity index is 343. The first kappa shape index (κ1) is 11.9. The van der Waals surface area contributed by atoms with E-state index in [-0.39, 0.29) is 5.91 Å². The number of nitrogens with two attached hydrogens (primary N) is 1. The van der Waals surface area contributed by atoms with Crippen LogP contribution in [-0.2, 0) is 0 Å². The van der Waals surface area contributed by atoms with Crippen LogP contribution in [0.25, 0.3) is 0 Å². The molecule has 1 amide bonds. The zero-order valence-electron chi connectivity index (χ0n) is 8.61. The van der Waals surface area contributed by atoms with E-state index in [4.69, 9.17) is 17.3 Å². The van der Waals surface area contributed by atoms with Gasteiger partial charge in [0.25, 0.3) is 5.91 Å². The van der Waals surface area contributed by atoms with Crippen molar-refractivity contribution in [3.8, 4) is 0 Å². The molecule has 4 nitrogen and oxygen atoms in total. The van der Waals surface area contributed by atoms with E-state index in [1.807, 2.05) is 6.92 Å². The Kier molecular flexibility index (Phi) is 4.52. The molecular formula is C10H14ClN3O. The van der Waals surface area contributed by atoms with Crippen LogP contribution in [0, 0.1) is 0 Å². The number of hydrogen-bond acceptors (Lipinski definition) is 3. The summed E-state index contributed by atoms with van der Waals surface area (Å²) in [6.07, 6.45) is 1.52. The van der Waals surface area contributed by atoms with Crippen molar-refractivity contribution in [2.75, 3.05) is 19.6 Å². The Balaban J connectivity index is 2.82. The summed E-state index contributed by atoms with van der Waals surface area (Å²) >= 11 is 5.71. The smallest absolute Gasteiger partial charge is 0.254 e. The molecule has 0 radical (unpaired) electrons. The van der Waals surface area contributed by atoms with Gasteiger partial charge in [0.1, 0.15) is 5.15 Å². The van der Waals surface area contributed by atoms with Gasteiger partial charge < -0.3 is 10.6 Å². The summed E-state index contributed by atoms with van der Waals surface area (Å²) in [5.41, 5.74) is 5.97. The van der Waals surface area contributed by atoms with Crippen molar-refractivity contribution in [2.24, 2.45) is 5.73 Å². The van der Waals surface area contributed by atoms with E-state index in [0.29, 0.717) is 30.4 Å². The molecule has 0 aliphatic heterocycles. The molecular weight excluding hydrogens is 214 g/mol. The Morgan fingerprint density at radius 3 is 2.93 bits per heavy atom. The van der Waals surface area contributed by atoms with Crippen LogP contribution in [0.1, 0.15) is 17.3 Å². The number of likely N-dealkylation sites (N-methyl/N-ethyl adjacent to an activating group) is 1. The summed E-state index contributed by atoms with van der Waals surface area (Å²) in [6.45, 7) is 3.56. The van der Waals surface area contributed by atoms with Gasteiger partial charge in [0.2, 0.25) is 0 Å². The fourth-order valence-corrected chi connectivity index (χ4v) is 1.45. The standard InChI is InChI=1S/C10H14ClN3O/c1-2-14(6-4-12)10(15)8-3-5-13-9(11)7-8/h3,5,7H,2,4,6,12H2,1H3. The average molecular weight is 228 g/mol. The largest absolute Gasteiger partial charge is 0.338 e. The predicted molar refractivity (Wildman–Crippen MR) is 59.9 cm³/mol. The van der Waals surface area contributed by atoms with E-state index in [9.17, 15) is 4.79 Å². The normalized spacial score (nSPS) is 10.1. The van der Waals surface area contributed by atoms with E-state index in [1.165, 1.54) is 6.20 Å². The maximum absolute atomic E-state index is 11.9. The second-order valence-electron chi connectivity index (χ2n) is 3.04. The van der Waals surface area contributed by atoms with Gasteiger partial charge in [0, 0.05) is 31.4 Å². The summed E-state index contributed by atoms with van der Waals surface area (Å²) in [6, 6.07) is 3.20. The van der Waals surface area contributed by atoms with E-state index >= 15 is 0 Å². The molecule has 15 heavy (non-hydrogen) atoms. The van der Waals surface area contributed by atoms with Crippen LogP contribution in [0.4, 0.5) is 0 Å². The fraction of sp³-hybridized carbons (Fsp3) is 0.400. The minimum Gasteiger partial charge on any atom is -0.338 e. The van der Waals surface area contributed by atoms with E-state index in [1.54, 1.807) is 17.0 Å². The fourth-order valence-electron chi connectivity index (χ4n) is 1.28. The molecule has 1 aromatic heterocycles. The van der Waals surface area contributed by atoms with Gasteiger partial charge in [-0.3, -0.25) is 4.79 Å². The molecule has 1 heterocycles. The summed E-state index contributed by atoms with van der Waals surface area (Å²) in [5.74, 6) is -0.0627. The molecule has 5 heteroatoms. The van der Waals surface area contributed by atoms with Crippen molar-refractivity contribution >= 4 is 17.5 Å². The van der Waals surface area contributed by atoms with Gasteiger partial charge in [0.05, 0.1) is 0 Å². The highest BCUT2D eigenvalue weighted by atomic mass is 35.5. The van der Waals surface area contributed by atoms with Gasteiger partial charge in [-0.1, -0.05) is 11.6 Å². The molecule has 0 bridgehead atoms. The number of carbonyl (C=O) groups excluding carboxylic acids is 1. The molecule has 1 rings (SSSR count). The first-order valence-corrected chi connectivity index (χ1v) is 5.17. The summed E-state index contributed by atoms with van der Waals surface area (Å²) < 4.78 is 0. The van der Waals surface area contributed by atoms with Crippen molar-refractivity contribution < 1.29 is 4.79 Å². The monoisotopic (exact) mass is 227 g/mol. The Morgan fingerprint density at radius 1 is 1.67 bits per heavy atom. The third-order valence-corrected chi connectivity index (χ3v) is 2.25. The van der Waals surface area contributed by atoms with Crippen molar-refractivity contribution in [1.29, 1.82) is 0 Å². The van der Waals surface area contributed by atoms with E-state index < -0.39 is 0 Å². The SMILES string of the molecule is CCN(CCN)C(=O)c1ccnc(Cl)c1. The van der Waals surface area contributed by atoms with Crippen molar-refractivity contribution in [3.63, 3.8) is 0 Å². The highest BCUT2D eigenvalue weighted by Gasteiger charge is 2.13. The van der Waals surface area contributed by atoms with Crippen LogP contribution in [0.3, 0.4) is 0 Å². The number of hydrogen-bond donors (Lipinski definition) is 1. The van der Waals surface area contributed by atoms with Gasteiger partial charge in [0.15, 0.2) is 0 Å². The second kappa shape index (κ2) is 5.68.